The first-order chi connectivity index (χ1) is 12.8. The molecule has 2 saturated carbocycles. The topological polar surface area (TPSA) is 77.1 Å². The maximum Gasteiger partial charge on any atom is 0.230 e. The van der Waals surface area contributed by atoms with E-state index in [1.807, 2.05) is 4.68 Å². The normalized spacial score (nSPS) is 23.7. The first kappa shape index (κ1) is 18.2. The summed E-state index contributed by atoms with van der Waals surface area (Å²) in [5.41, 5.74) is 0.272. The molecular formula is C18H31N6OS+. The van der Waals surface area contributed by atoms with Crippen molar-refractivity contribution in [2.45, 2.75) is 80.9 Å². The van der Waals surface area contributed by atoms with Gasteiger partial charge < -0.3 is 10.2 Å². The Hall–Kier alpha value is -1.15. The van der Waals surface area contributed by atoms with Gasteiger partial charge in [0.05, 0.1) is 31.4 Å². The quantitative estimate of drug-likeness (QED) is 0.691. The zero-order chi connectivity index (χ0) is 17.8. The van der Waals surface area contributed by atoms with Gasteiger partial charge >= 0.3 is 0 Å². The number of likely N-dealkylation sites (tertiary alicyclic amines) is 1. The minimum absolute atomic E-state index is 0.113. The van der Waals surface area contributed by atoms with E-state index in [4.69, 9.17) is 0 Å². The lowest BCUT2D eigenvalue weighted by molar-refractivity contribution is -0.957. The molecule has 1 aliphatic heterocycles. The number of carbonyl (C=O) groups is 1. The SMILES string of the molecule is O=C(CSc1nnnn1C1CC1)NCC1([NH+]2CCCCC2)CCCCC1. The summed E-state index contributed by atoms with van der Waals surface area (Å²) in [6.07, 6.45) is 12.8. The second kappa shape index (κ2) is 8.25. The van der Waals surface area contributed by atoms with E-state index >= 15 is 0 Å². The molecule has 0 bridgehead atoms. The van der Waals surface area contributed by atoms with Crippen molar-refractivity contribution in [1.29, 1.82) is 0 Å². The Morgan fingerprint density at radius 3 is 2.62 bits per heavy atom. The average Bonchev–Trinajstić information content (AvgIpc) is 3.44. The van der Waals surface area contributed by atoms with E-state index < -0.39 is 0 Å². The summed E-state index contributed by atoms with van der Waals surface area (Å²) in [7, 11) is 0. The van der Waals surface area contributed by atoms with Crippen LogP contribution in [0.5, 0.6) is 0 Å². The van der Waals surface area contributed by atoms with Gasteiger partial charge in [-0.15, -0.1) is 5.10 Å². The first-order valence-electron chi connectivity index (χ1n) is 10.3. The fourth-order valence-electron chi connectivity index (χ4n) is 4.67. The highest BCUT2D eigenvalue weighted by molar-refractivity contribution is 7.99. The molecule has 7 nitrogen and oxygen atoms in total. The van der Waals surface area contributed by atoms with Crippen LogP contribution in [0.4, 0.5) is 0 Å². The number of piperidine rings is 1. The van der Waals surface area contributed by atoms with Crippen molar-refractivity contribution >= 4 is 17.7 Å². The summed E-state index contributed by atoms with van der Waals surface area (Å²) in [4.78, 5) is 14.2. The molecule has 3 fully saturated rings. The summed E-state index contributed by atoms with van der Waals surface area (Å²) in [5.74, 6) is 0.514. The van der Waals surface area contributed by atoms with Gasteiger partial charge in [-0.05, 0) is 55.4 Å². The monoisotopic (exact) mass is 379 g/mol. The molecule has 8 heteroatoms. The van der Waals surface area contributed by atoms with Crippen molar-refractivity contribution < 1.29 is 9.69 Å². The second-order valence-corrected chi connectivity index (χ2v) is 9.15. The van der Waals surface area contributed by atoms with Crippen molar-refractivity contribution in [2.24, 2.45) is 0 Å². The zero-order valence-corrected chi connectivity index (χ0v) is 16.4. The number of quaternary nitrogens is 1. The van der Waals surface area contributed by atoms with E-state index in [-0.39, 0.29) is 11.4 Å². The molecule has 0 spiro atoms. The lowest BCUT2D eigenvalue weighted by atomic mass is 9.79. The molecule has 144 valence electrons. The van der Waals surface area contributed by atoms with Crippen LogP contribution in [0.3, 0.4) is 0 Å². The lowest BCUT2D eigenvalue weighted by Crippen LogP contribution is -3.22. The van der Waals surface area contributed by atoms with Gasteiger partial charge in [0.25, 0.3) is 0 Å². The molecule has 2 aliphatic carbocycles. The zero-order valence-electron chi connectivity index (χ0n) is 15.6. The van der Waals surface area contributed by atoms with E-state index in [1.54, 1.807) is 4.90 Å². The number of carbonyl (C=O) groups excluding carboxylic acids is 1. The predicted molar refractivity (Wildman–Crippen MR) is 100 cm³/mol. The smallest absolute Gasteiger partial charge is 0.230 e. The van der Waals surface area contributed by atoms with Crippen molar-refractivity contribution in [3.63, 3.8) is 0 Å². The van der Waals surface area contributed by atoms with Gasteiger partial charge in [-0.3, -0.25) is 4.79 Å². The minimum Gasteiger partial charge on any atom is -0.349 e. The fourth-order valence-corrected chi connectivity index (χ4v) is 5.44. The standard InChI is InChI=1S/C18H30N6OS/c25-16(13-26-17-20-21-22-24(17)15-7-8-15)19-14-18(9-3-1-4-10-18)23-11-5-2-6-12-23/h15H,1-14H2,(H,19,25)/p+1. The molecule has 1 saturated heterocycles. The molecule has 1 aromatic heterocycles. The van der Waals surface area contributed by atoms with Crippen LogP contribution in [0.15, 0.2) is 5.16 Å². The fraction of sp³-hybridized carbons (Fsp3) is 0.889. The molecule has 2 heterocycles. The van der Waals surface area contributed by atoms with Crippen LogP contribution in [0.2, 0.25) is 0 Å². The molecule has 1 aromatic rings. The first-order valence-corrected chi connectivity index (χ1v) is 11.3. The molecule has 2 N–H and O–H groups in total. The third kappa shape index (κ3) is 4.22. The van der Waals surface area contributed by atoms with Crippen molar-refractivity contribution in [3.8, 4) is 0 Å². The van der Waals surface area contributed by atoms with Gasteiger partial charge in [0.1, 0.15) is 5.54 Å². The number of tetrazole rings is 1. The molecule has 1 amide bonds. The van der Waals surface area contributed by atoms with Gasteiger partial charge in [-0.2, -0.15) is 0 Å². The Morgan fingerprint density at radius 1 is 1.15 bits per heavy atom. The molecular weight excluding hydrogens is 348 g/mol. The van der Waals surface area contributed by atoms with Crippen LogP contribution in [0, 0.1) is 0 Å². The Bertz CT molecular complexity index is 605. The third-order valence-corrected chi connectivity index (χ3v) is 7.26. The largest absolute Gasteiger partial charge is 0.349 e. The molecule has 0 radical (unpaired) electrons. The van der Waals surface area contributed by atoms with E-state index in [2.05, 4.69) is 20.8 Å². The number of thioether (sulfide) groups is 1. The highest BCUT2D eigenvalue weighted by Crippen LogP contribution is 2.36. The molecule has 3 aliphatic rings. The number of rotatable bonds is 7. The molecule has 0 atom stereocenters. The predicted octanol–water partition coefficient (Wildman–Crippen LogP) is 0.988. The van der Waals surface area contributed by atoms with Gasteiger partial charge in [0, 0.05) is 12.8 Å². The van der Waals surface area contributed by atoms with Gasteiger partial charge in [0.15, 0.2) is 0 Å². The molecule has 0 aromatic carbocycles. The summed E-state index contributed by atoms with van der Waals surface area (Å²) >= 11 is 1.46. The van der Waals surface area contributed by atoms with Crippen LogP contribution in [-0.4, -0.2) is 57.0 Å². The maximum absolute atomic E-state index is 12.5. The highest BCUT2D eigenvalue weighted by atomic mass is 32.2. The van der Waals surface area contributed by atoms with Gasteiger partial charge in [-0.1, -0.05) is 18.2 Å². The van der Waals surface area contributed by atoms with Crippen LogP contribution in [0.1, 0.15) is 70.3 Å². The Balaban J connectivity index is 1.30. The van der Waals surface area contributed by atoms with Gasteiger partial charge in [-0.25, -0.2) is 4.68 Å². The minimum atomic E-state index is 0.113. The number of nitrogens with zero attached hydrogens (tertiary/aromatic N) is 4. The molecule has 26 heavy (non-hydrogen) atoms. The second-order valence-electron chi connectivity index (χ2n) is 8.21. The summed E-state index contributed by atoms with van der Waals surface area (Å²) in [5, 5.41) is 15.9. The summed E-state index contributed by atoms with van der Waals surface area (Å²) in [6.45, 7) is 3.39. The van der Waals surface area contributed by atoms with E-state index in [0.717, 1.165) is 24.5 Å². The molecule has 0 unspecified atom stereocenters. The average molecular weight is 380 g/mol. The number of hydrogen-bond acceptors (Lipinski definition) is 5. The number of hydrogen-bond donors (Lipinski definition) is 2. The maximum atomic E-state index is 12.5. The summed E-state index contributed by atoms with van der Waals surface area (Å²) < 4.78 is 1.87. The van der Waals surface area contributed by atoms with Crippen LogP contribution in [0.25, 0.3) is 0 Å². The lowest BCUT2D eigenvalue weighted by Gasteiger charge is -2.45. The highest BCUT2D eigenvalue weighted by Gasteiger charge is 2.42. The Labute approximate surface area is 159 Å². The Kier molecular flexibility index (Phi) is 5.78. The summed E-state index contributed by atoms with van der Waals surface area (Å²) in [6, 6.07) is 0.448. The third-order valence-electron chi connectivity index (χ3n) is 6.33. The van der Waals surface area contributed by atoms with E-state index in [9.17, 15) is 4.79 Å². The number of nitrogens with one attached hydrogen (secondary N) is 2. The molecule has 4 rings (SSSR count). The van der Waals surface area contributed by atoms with E-state index in [0.29, 0.717) is 11.8 Å². The van der Waals surface area contributed by atoms with Gasteiger partial charge in [0.2, 0.25) is 11.1 Å². The van der Waals surface area contributed by atoms with Crippen LogP contribution < -0.4 is 10.2 Å². The van der Waals surface area contributed by atoms with Crippen LogP contribution >= 0.6 is 11.8 Å². The van der Waals surface area contributed by atoms with E-state index in [1.165, 1.54) is 76.2 Å². The van der Waals surface area contributed by atoms with Crippen molar-refractivity contribution in [3.05, 3.63) is 0 Å². The van der Waals surface area contributed by atoms with Crippen molar-refractivity contribution in [2.75, 3.05) is 25.4 Å². The Morgan fingerprint density at radius 2 is 1.88 bits per heavy atom. The van der Waals surface area contributed by atoms with Crippen molar-refractivity contribution in [1.82, 2.24) is 25.5 Å². The number of aromatic nitrogens is 4. The number of amides is 1. The van der Waals surface area contributed by atoms with Crippen LogP contribution in [-0.2, 0) is 4.79 Å².